The Morgan fingerprint density at radius 2 is 2.20 bits per heavy atom. The Bertz CT molecular complexity index is 636. The number of hydrogen-bond donors (Lipinski definition) is 2. The molecule has 1 aromatic heterocycles. The number of carbonyl (C=O) groups excluding carboxylic acids is 1. The maximum Gasteiger partial charge on any atom is 0.306 e. The maximum absolute atomic E-state index is 12.1. The van der Waals surface area contributed by atoms with Crippen molar-refractivity contribution in [3.63, 3.8) is 0 Å². The molecule has 20 heavy (non-hydrogen) atoms. The Hall–Kier alpha value is -1.83. The molecule has 1 aliphatic carbocycles. The van der Waals surface area contributed by atoms with Crippen molar-refractivity contribution < 1.29 is 14.7 Å². The van der Waals surface area contributed by atoms with Crippen molar-refractivity contribution in [3.8, 4) is 0 Å². The predicted molar refractivity (Wildman–Crippen MR) is 70.8 cm³/mol. The molecule has 1 saturated carbocycles. The number of hydrogen-bond acceptors (Lipinski definition) is 5. The molecule has 106 valence electrons. The smallest absolute Gasteiger partial charge is 0.306 e. The number of carboxylic acid groups (broad SMARTS) is 1. The molecule has 2 heterocycles. The van der Waals surface area contributed by atoms with E-state index in [1.165, 1.54) is 22.5 Å². The zero-order chi connectivity index (χ0) is 14.3. The number of fused-ring (bicyclic) bond motifs is 1. The van der Waals surface area contributed by atoms with Crippen molar-refractivity contribution in [1.82, 2.24) is 14.9 Å². The normalized spacial score (nSPS) is 23.8. The van der Waals surface area contributed by atoms with E-state index in [1.807, 2.05) is 0 Å². The fourth-order valence-electron chi connectivity index (χ4n) is 2.37. The summed E-state index contributed by atoms with van der Waals surface area (Å²) in [5.41, 5.74) is -0.304. The third-order valence-electron chi connectivity index (χ3n) is 3.62. The van der Waals surface area contributed by atoms with Gasteiger partial charge in [-0.2, -0.15) is 0 Å². The van der Waals surface area contributed by atoms with E-state index in [4.69, 9.17) is 5.11 Å². The van der Waals surface area contributed by atoms with Crippen LogP contribution >= 0.6 is 11.8 Å². The number of carboxylic acids is 1. The highest BCUT2D eigenvalue weighted by atomic mass is 32.2. The number of nitrogens with zero attached hydrogens (tertiary/aromatic N) is 2. The van der Waals surface area contributed by atoms with Gasteiger partial charge in [-0.3, -0.25) is 19.0 Å². The molecule has 0 spiro atoms. The lowest BCUT2D eigenvalue weighted by Crippen LogP contribution is -2.48. The molecule has 0 bridgehead atoms. The summed E-state index contributed by atoms with van der Waals surface area (Å²) in [6.45, 7) is 0.567. The van der Waals surface area contributed by atoms with Crippen molar-refractivity contribution >= 4 is 23.6 Å². The first-order chi connectivity index (χ1) is 9.56. The number of nitrogens with one attached hydrogen (secondary N) is 1. The van der Waals surface area contributed by atoms with E-state index in [2.05, 4.69) is 10.3 Å². The summed E-state index contributed by atoms with van der Waals surface area (Å²) in [4.78, 5) is 38.9. The standard InChI is InChI=1S/C12H13N3O4S/c16-9(14-7-3-6(4-7)11(18)19)8-5-13-12-15(10(8)17)1-2-20-12/h5-7H,1-4H2,(H,14,16)(H,18,19). The molecule has 1 aliphatic heterocycles. The van der Waals surface area contributed by atoms with Crippen molar-refractivity contribution in [2.45, 2.75) is 30.6 Å². The molecule has 1 aromatic rings. The van der Waals surface area contributed by atoms with Crippen LogP contribution in [-0.2, 0) is 11.3 Å². The monoisotopic (exact) mass is 295 g/mol. The van der Waals surface area contributed by atoms with Crippen molar-refractivity contribution in [2.24, 2.45) is 5.92 Å². The number of thioether (sulfide) groups is 1. The number of carbonyl (C=O) groups is 2. The molecule has 1 fully saturated rings. The van der Waals surface area contributed by atoms with Crippen LogP contribution in [-0.4, -0.2) is 38.3 Å². The van der Waals surface area contributed by atoms with Crippen LogP contribution in [0, 0.1) is 5.92 Å². The van der Waals surface area contributed by atoms with Gasteiger partial charge in [-0.05, 0) is 12.8 Å². The van der Waals surface area contributed by atoms with E-state index >= 15 is 0 Å². The minimum absolute atomic E-state index is 0.0232. The summed E-state index contributed by atoms with van der Waals surface area (Å²) < 4.78 is 1.50. The molecule has 0 aromatic carbocycles. The molecule has 8 heteroatoms. The van der Waals surface area contributed by atoms with E-state index in [9.17, 15) is 14.4 Å². The number of amides is 1. The first-order valence-corrected chi connectivity index (χ1v) is 7.31. The Labute approximate surface area is 118 Å². The van der Waals surface area contributed by atoms with Gasteiger partial charge < -0.3 is 10.4 Å². The minimum atomic E-state index is -0.841. The highest BCUT2D eigenvalue weighted by Crippen LogP contribution is 2.27. The lowest BCUT2D eigenvalue weighted by atomic mass is 9.80. The summed E-state index contributed by atoms with van der Waals surface area (Å²) in [6, 6.07) is -0.171. The highest BCUT2D eigenvalue weighted by Gasteiger charge is 2.35. The second kappa shape index (κ2) is 4.93. The van der Waals surface area contributed by atoms with Gasteiger partial charge in [0.2, 0.25) is 0 Å². The van der Waals surface area contributed by atoms with E-state index < -0.39 is 17.8 Å². The SMILES string of the molecule is O=C(NC1CC(C(=O)O)C1)c1cnc2n(c1=O)CCS2. The quantitative estimate of drug-likeness (QED) is 0.758. The minimum Gasteiger partial charge on any atom is -0.481 e. The van der Waals surface area contributed by atoms with Gasteiger partial charge >= 0.3 is 5.97 Å². The molecule has 3 rings (SSSR count). The first-order valence-electron chi connectivity index (χ1n) is 6.32. The second-order valence-electron chi connectivity index (χ2n) is 4.94. The zero-order valence-corrected chi connectivity index (χ0v) is 11.4. The van der Waals surface area contributed by atoms with Gasteiger partial charge in [-0.1, -0.05) is 11.8 Å². The van der Waals surface area contributed by atoms with Crippen LogP contribution < -0.4 is 10.9 Å². The fourth-order valence-corrected chi connectivity index (χ4v) is 3.29. The molecular formula is C12H13N3O4S. The lowest BCUT2D eigenvalue weighted by Gasteiger charge is -2.32. The van der Waals surface area contributed by atoms with Gasteiger partial charge in [-0.15, -0.1) is 0 Å². The summed E-state index contributed by atoms with van der Waals surface area (Å²) in [5, 5.41) is 12.1. The molecule has 0 radical (unpaired) electrons. The summed E-state index contributed by atoms with van der Waals surface area (Å²) in [5.74, 6) is -0.915. The summed E-state index contributed by atoms with van der Waals surface area (Å²) >= 11 is 1.49. The molecule has 0 atom stereocenters. The zero-order valence-electron chi connectivity index (χ0n) is 10.5. The van der Waals surface area contributed by atoms with Crippen LogP contribution in [0.3, 0.4) is 0 Å². The maximum atomic E-state index is 12.1. The summed E-state index contributed by atoms with van der Waals surface area (Å²) in [7, 11) is 0. The van der Waals surface area contributed by atoms with Crippen LogP contribution in [0.4, 0.5) is 0 Å². The van der Waals surface area contributed by atoms with E-state index in [1.54, 1.807) is 0 Å². The molecule has 1 amide bonds. The Balaban J connectivity index is 1.70. The van der Waals surface area contributed by atoms with Crippen molar-refractivity contribution in [2.75, 3.05) is 5.75 Å². The molecule has 2 aliphatic rings. The van der Waals surface area contributed by atoms with Crippen LogP contribution in [0.5, 0.6) is 0 Å². The van der Waals surface area contributed by atoms with Crippen molar-refractivity contribution in [3.05, 3.63) is 22.1 Å². The molecular weight excluding hydrogens is 282 g/mol. The predicted octanol–water partition coefficient (Wildman–Crippen LogP) is -0.0580. The lowest BCUT2D eigenvalue weighted by molar-refractivity contribution is -0.145. The average Bonchev–Trinajstić information content (AvgIpc) is 2.82. The number of aliphatic carboxylic acids is 1. The van der Waals surface area contributed by atoms with Crippen LogP contribution in [0.25, 0.3) is 0 Å². The number of aromatic nitrogens is 2. The van der Waals surface area contributed by atoms with Crippen molar-refractivity contribution in [1.29, 1.82) is 0 Å². The number of rotatable bonds is 3. The Morgan fingerprint density at radius 3 is 2.90 bits per heavy atom. The van der Waals surface area contributed by atoms with Crippen LogP contribution in [0.1, 0.15) is 23.2 Å². The molecule has 7 nitrogen and oxygen atoms in total. The van der Waals surface area contributed by atoms with Gasteiger partial charge in [0.15, 0.2) is 5.16 Å². The molecule has 0 unspecified atom stereocenters. The fraction of sp³-hybridized carbons (Fsp3) is 0.500. The van der Waals surface area contributed by atoms with Gasteiger partial charge in [-0.25, -0.2) is 4.98 Å². The van der Waals surface area contributed by atoms with Gasteiger partial charge in [0.1, 0.15) is 5.56 Å². The largest absolute Gasteiger partial charge is 0.481 e. The average molecular weight is 295 g/mol. The third-order valence-corrected chi connectivity index (χ3v) is 4.59. The van der Waals surface area contributed by atoms with Gasteiger partial charge in [0, 0.05) is 24.5 Å². The third kappa shape index (κ3) is 2.20. The highest BCUT2D eigenvalue weighted by molar-refractivity contribution is 7.99. The first kappa shape index (κ1) is 13.2. The van der Waals surface area contributed by atoms with E-state index in [0.717, 1.165) is 5.75 Å². The van der Waals surface area contributed by atoms with E-state index in [0.29, 0.717) is 24.5 Å². The Kier molecular flexibility index (Phi) is 3.25. The van der Waals surface area contributed by atoms with E-state index in [-0.39, 0.29) is 17.2 Å². The second-order valence-corrected chi connectivity index (χ2v) is 6.00. The van der Waals surface area contributed by atoms with Crippen LogP contribution in [0.2, 0.25) is 0 Å². The molecule has 0 saturated heterocycles. The topological polar surface area (TPSA) is 101 Å². The van der Waals surface area contributed by atoms with Gasteiger partial charge in [0.25, 0.3) is 11.5 Å². The van der Waals surface area contributed by atoms with Crippen LogP contribution in [0.15, 0.2) is 16.1 Å². The summed E-state index contributed by atoms with van der Waals surface area (Å²) in [6.07, 6.45) is 2.13. The van der Waals surface area contributed by atoms with Gasteiger partial charge in [0.05, 0.1) is 5.92 Å². The molecule has 2 N–H and O–H groups in total. The Morgan fingerprint density at radius 1 is 1.45 bits per heavy atom.